The highest BCUT2D eigenvalue weighted by Crippen LogP contribution is 2.32. The lowest BCUT2D eigenvalue weighted by Gasteiger charge is -2.22. The van der Waals surface area contributed by atoms with Gasteiger partial charge in [0.15, 0.2) is 0 Å². The van der Waals surface area contributed by atoms with E-state index < -0.39 is 12.1 Å². The molecule has 6 nitrogen and oxygen atoms in total. The fourth-order valence-corrected chi connectivity index (χ4v) is 4.97. The Morgan fingerprint density at radius 3 is 2.49 bits per heavy atom. The van der Waals surface area contributed by atoms with Gasteiger partial charge < -0.3 is 15.5 Å². The molecule has 0 atom stereocenters. The molecule has 0 spiro atoms. The number of fused-ring (bicyclic) bond motifs is 1. The number of pyridine rings is 1. The van der Waals surface area contributed by atoms with E-state index in [2.05, 4.69) is 15.6 Å². The first-order valence-electron chi connectivity index (χ1n) is 11.9. The number of nitrogens with zero attached hydrogens (tertiary/aromatic N) is 2. The van der Waals surface area contributed by atoms with E-state index in [0.29, 0.717) is 29.4 Å². The topological polar surface area (TPSA) is 74.3 Å². The van der Waals surface area contributed by atoms with E-state index in [-0.39, 0.29) is 31.5 Å². The van der Waals surface area contributed by atoms with Gasteiger partial charge in [0.25, 0.3) is 5.91 Å². The zero-order valence-electron chi connectivity index (χ0n) is 19.3. The van der Waals surface area contributed by atoms with E-state index >= 15 is 0 Å². The van der Waals surface area contributed by atoms with Gasteiger partial charge in [-0.1, -0.05) is 43.0 Å². The standard InChI is InChI=1S/C25H28ClF3N4O2/c26-20-8-7-17-10-12-33(24(35)25(27,28)29)13-11-19(17)22(20)31-15-16-6-9-21(30-14-16)23(34)32-18-4-2-1-3-5-18/h6-9,14,18,31H,1-5,10-13,15H2,(H,32,34). The van der Waals surface area contributed by atoms with E-state index in [1.807, 2.05) is 6.07 Å². The molecule has 2 amide bonds. The second-order valence-electron chi connectivity index (χ2n) is 9.06. The van der Waals surface area contributed by atoms with Gasteiger partial charge in [-0.2, -0.15) is 13.2 Å². The molecule has 1 saturated carbocycles. The Kier molecular flexibility index (Phi) is 7.84. The Bertz CT molecular complexity index is 1070. The first kappa shape index (κ1) is 25.3. The molecule has 2 heterocycles. The SMILES string of the molecule is O=C(NC1CCCCC1)c1ccc(CNc2c(Cl)ccc3c2CCN(C(=O)C(F)(F)F)CC3)cn1. The number of hydrogen-bond acceptors (Lipinski definition) is 4. The number of halogens is 4. The molecule has 0 radical (unpaired) electrons. The average molecular weight is 509 g/mol. The molecule has 0 unspecified atom stereocenters. The van der Waals surface area contributed by atoms with Crippen molar-refractivity contribution < 1.29 is 22.8 Å². The number of anilines is 1. The lowest BCUT2D eigenvalue weighted by molar-refractivity contribution is -0.185. The summed E-state index contributed by atoms with van der Waals surface area (Å²) >= 11 is 6.42. The molecule has 1 aromatic heterocycles. The number of rotatable bonds is 5. The maximum Gasteiger partial charge on any atom is 0.471 e. The molecule has 1 aliphatic heterocycles. The van der Waals surface area contributed by atoms with Gasteiger partial charge in [-0.3, -0.25) is 14.6 Å². The third-order valence-electron chi connectivity index (χ3n) is 6.64. The predicted octanol–water partition coefficient (Wildman–Crippen LogP) is 4.90. The summed E-state index contributed by atoms with van der Waals surface area (Å²) in [6, 6.07) is 7.21. The van der Waals surface area contributed by atoms with Crippen molar-refractivity contribution in [1.29, 1.82) is 0 Å². The summed E-state index contributed by atoms with van der Waals surface area (Å²) < 4.78 is 38.7. The van der Waals surface area contributed by atoms with Crippen molar-refractivity contribution in [3.05, 3.63) is 57.9 Å². The maximum absolute atomic E-state index is 12.9. The molecule has 10 heteroatoms. The molecule has 1 fully saturated rings. The molecule has 2 aromatic rings. The van der Waals surface area contributed by atoms with Crippen LogP contribution in [0.5, 0.6) is 0 Å². The van der Waals surface area contributed by atoms with Crippen LogP contribution in [0, 0.1) is 0 Å². The third kappa shape index (κ3) is 6.25. The first-order chi connectivity index (χ1) is 16.7. The number of hydrogen-bond donors (Lipinski definition) is 2. The monoisotopic (exact) mass is 508 g/mol. The van der Waals surface area contributed by atoms with Gasteiger partial charge in [0.2, 0.25) is 0 Å². The van der Waals surface area contributed by atoms with Crippen molar-refractivity contribution in [3.8, 4) is 0 Å². The Morgan fingerprint density at radius 2 is 1.80 bits per heavy atom. The average Bonchev–Trinajstić information content (AvgIpc) is 3.06. The summed E-state index contributed by atoms with van der Waals surface area (Å²) in [5.41, 5.74) is 3.51. The smallest absolute Gasteiger partial charge is 0.379 e. The van der Waals surface area contributed by atoms with Crippen LogP contribution in [0.3, 0.4) is 0 Å². The first-order valence-corrected chi connectivity index (χ1v) is 12.3. The second-order valence-corrected chi connectivity index (χ2v) is 9.47. The van der Waals surface area contributed by atoms with Crippen LogP contribution in [0.4, 0.5) is 18.9 Å². The van der Waals surface area contributed by atoms with Crippen LogP contribution in [0.15, 0.2) is 30.5 Å². The Morgan fingerprint density at radius 1 is 1.06 bits per heavy atom. The number of amides is 2. The van der Waals surface area contributed by atoms with E-state index in [0.717, 1.165) is 47.3 Å². The Hall–Kier alpha value is -2.81. The lowest BCUT2D eigenvalue weighted by atomic mass is 9.95. The van der Waals surface area contributed by atoms with Crippen LogP contribution in [0.1, 0.15) is 59.3 Å². The van der Waals surface area contributed by atoms with E-state index in [9.17, 15) is 22.8 Å². The Labute approximate surface area is 207 Å². The van der Waals surface area contributed by atoms with Gasteiger partial charge in [0.1, 0.15) is 5.69 Å². The van der Waals surface area contributed by atoms with Crippen molar-refractivity contribution in [2.75, 3.05) is 18.4 Å². The summed E-state index contributed by atoms with van der Waals surface area (Å²) in [4.78, 5) is 29.3. The number of alkyl halides is 3. The van der Waals surface area contributed by atoms with Crippen LogP contribution >= 0.6 is 11.6 Å². The summed E-state index contributed by atoms with van der Waals surface area (Å²) in [5.74, 6) is -1.99. The molecule has 0 saturated heterocycles. The minimum Gasteiger partial charge on any atom is -0.379 e. The summed E-state index contributed by atoms with van der Waals surface area (Å²) in [7, 11) is 0. The molecule has 1 aromatic carbocycles. The fourth-order valence-electron chi connectivity index (χ4n) is 4.73. The highest BCUT2D eigenvalue weighted by atomic mass is 35.5. The van der Waals surface area contributed by atoms with E-state index in [4.69, 9.17) is 11.6 Å². The van der Waals surface area contributed by atoms with E-state index in [1.165, 1.54) is 6.42 Å². The van der Waals surface area contributed by atoms with Crippen LogP contribution in [-0.4, -0.2) is 47.0 Å². The van der Waals surface area contributed by atoms with Gasteiger partial charge >= 0.3 is 12.1 Å². The number of benzene rings is 1. The van der Waals surface area contributed by atoms with Crippen molar-refractivity contribution in [1.82, 2.24) is 15.2 Å². The highest BCUT2D eigenvalue weighted by molar-refractivity contribution is 6.33. The van der Waals surface area contributed by atoms with Gasteiger partial charge in [0, 0.05) is 31.9 Å². The molecule has 4 rings (SSSR count). The summed E-state index contributed by atoms with van der Waals surface area (Å²) in [6.07, 6.45) is 2.79. The molecule has 188 valence electrons. The molecular weight excluding hydrogens is 481 g/mol. The largest absolute Gasteiger partial charge is 0.471 e. The van der Waals surface area contributed by atoms with Gasteiger partial charge in [-0.25, -0.2) is 0 Å². The van der Waals surface area contributed by atoms with Gasteiger partial charge in [0.05, 0.1) is 10.7 Å². The van der Waals surface area contributed by atoms with Crippen LogP contribution in [0.2, 0.25) is 5.02 Å². The maximum atomic E-state index is 12.9. The minimum atomic E-state index is -4.89. The normalized spacial score (nSPS) is 16.9. The third-order valence-corrected chi connectivity index (χ3v) is 6.95. The van der Waals surface area contributed by atoms with Gasteiger partial charge in [-0.15, -0.1) is 0 Å². The van der Waals surface area contributed by atoms with Crippen LogP contribution in [-0.2, 0) is 24.2 Å². The molecule has 0 bridgehead atoms. The van der Waals surface area contributed by atoms with Crippen LogP contribution < -0.4 is 10.6 Å². The highest BCUT2D eigenvalue weighted by Gasteiger charge is 2.42. The lowest BCUT2D eigenvalue weighted by Crippen LogP contribution is -2.42. The van der Waals surface area contributed by atoms with Crippen LogP contribution in [0.25, 0.3) is 0 Å². The van der Waals surface area contributed by atoms with E-state index in [1.54, 1.807) is 24.4 Å². The summed E-state index contributed by atoms with van der Waals surface area (Å²) in [6.45, 7) is 0.340. The minimum absolute atomic E-state index is 0.000713. The molecule has 2 N–H and O–H groups in total. The number of carbonyl (C=O) groups is 2. The quantitative estimate of drug-likeness (QED) is 0.602. The Balaban J connectivity index is 1.40. The molecular formula is C25H28ClF3N4O2. The number of aromatic nitrogens is 1. The fraction of sp³-hybridized carbons (Fsp3) is 0.480. The summed E-state index contributed by atoms with van der Waals surface area (Å²) in [5, 5.41) is 6.78. The van der Waals surface area contributed by atoms with Crippen molar-refractivity contribution in [2.24, 2.45) is 0 Å². The van der Waals surface area contributed by atoms with Crippen molar-refractivity contribution >= 4 is 29.1 Å². The molecule has 1 aliphatic carbocycles. The molecule has 35 heavy (non-hydrogen) atoms. The van der Waals surface area contributed by atoms with Gasteiger partial charge in [-0.05, 0) is 54.5 Å². The molecule has 2 aliphatic rings. The van der Waals surface area contributed by atoms with Crippen molar-refractivity contribution in [3.63, 3.8) is 0 Å². The zero-order chi connectivity index (χ0) is 25.0. The van der Waals surface area contributed by atoms with Crippen molar-refractivity contribution in [2.45, 2.75) is 63.7 Å². The second kappa shape index (κ2) is 10.8. The predicted molar refractivity (Wildman–Crippen MR) is 127 cm³/mol. The number of nitrogens with one attached hydrogen (secondary N) is 2. The zero-order valence-corrected chi connectivity index (χ0v) is 20.0. The number of carbonyl (C=O) groups excluding carboxylic acids is 2.